The number of nitrogens with one attached hydrogen (secondary N) is 1. The molecule has 1 N–H and O–H groups in total. The van der Waals surface area contributed by atoms with Gasteiger partial charge in [0.15, 0.2) is 0 Å². The van der Waals surface area contributed by atoms with Crippen LogP contribution >= 0.6 is 0 Å². The molecular weight excluding hydrogens is 188 g/mol. The molecule has 0 aromatic carbocycles. The van der Waals surface area contributed by atoms with Crippen molar-refractivity contribution in [3.63, 3.8) is 0 Å². The van der Waals surface area contributed by atoms with E-state index in [1.165, 1.54) is 12.8 Å². The molecule has 0 saturated heterocycles. The Bertz CT molecular complexity index is 242. The summed E-state index contributed by atoms with van der Waals surface area (Å²) in [4.78, 5) is 0. The maximum atomic E-state index is 8.96. The lowest BCUT2D eigenvalue weighted by Crippen LogP contribution is -2.50. The summed E-state index contributed by atoms with van der Waals surface area (Å²) in [6.45, 7) is 2.87. The number of hydrogen-bond acceptors (Lipinski definition) is 3. The predicted molar refractivity (Wildman–Crippen MR) is 58.3 cm³/mol. The zero-order valence-corrected chi connectivity index (χ0v) is 9.41. The van der Waals surface area contributed by atoms with Crippen molar-refractivity contribution in [3.05, 3.63) is 0 Å². The second-order valence-electron chi connectivity index (χ2n) is 4.69. The molecule has 2 fully saturated rings. The standard InChI is InChI=1S/C12H20N2O/c1-2-15-11-6-10(7-11)14-12-5-3-4-9(12)8-13/h9-12,14H,2-7H2,1H3. The summed E-state index contributed by atoms with van der Waals surface area (Å²) in [7, 11) is 0. The molecule has 0 aromatic heterocycles. The van der Waals surface area contributed by atoms with Gasteiger partial charge >= 0.3 is 0 Å². The summed E-state index contributed by atoms with van der Waals surface area (Å²) < 4.78 is 5.52. The molecule has 0 heterocycles. The summed E-state index contributed by atoms with van der Waals surface area (Å²) in [5, 5.41) is 12.6. The van der Waals surface area contributed by atoms with Gasteiger partial charge in [-0.05, 0) is 32.6 Å². The van der Waals surface area contributed by atoms with E-state index in [0.29, 0.717) is 18.2 Å². The summed E-state index contributed by atoms with van der Waals surface area (Å²) in [6.07, 6.45) is 6.18. The third-order valence-corrected chi connectivity index (χ3v) is 3.63. The lowest BCUT2D eigenvalue weighted by atomic mass is 9.87. The lowest BCUT2D eigenvalue weighted by molar-refractivity contribution is -0.0128. The molecule has 2 aliphatic carbocycles. The van der Waals surface area contributed by atoms with Gasteiger partial charge < -0.3 is 10.1 Å². The number of ether oxygens (including phenoxy) is 1. The van der Waals surface area contributed by atoms with Gasteiger partial charge in [0.2, 0.25) is 0 Å². The van der Waals surface area contributed by atoms with E-state index in [1.54, 1.807) is 0 Å². The molecule has 3 nitrogen and oxygen atoms in total. The van der Waals surface area contributed by atoms with Crippen LogP contribution in [0, 0.1) is 17.2 Å². The Morgan fingerprint density at radius 1 is 1.40 bits per heavy atom. The van der Waals surface area contributed by atoms with E-state index in [0.717, 1.165) is 25.9 Å². The molecule has 0 bridgehead atoms. The highest BCUT2D eigenvalue weighted by molar-refractivity contribution is 4.99. The number of hydrogen-bond donors (Lipinski definition) is 1. The minimum absolute atomic E-state index is 0.246. The van der Waals surface area contributed by atoms with E-state index in [4.69, 9.17) is 10.00 Å². The van der Waals surface area contributed by atoms with Crippen molar-refractivity contribution in [1.29, 1.82) is 5.26 Å². The molecular formula is C12H20N2O. The van der Waals surface area contributed by atoms with Gasteiger partial charge in [-0.15, -0.1) is 0 Å². The van der Waals surface area contributed by atoms with Gasteiger partial charge in [0.1, 0.15) is 0 Å². The normalized spacial score (nSPS) is 39.7. The summed E-state index contributed by atoms with van der Waals surface area (Å²) in [5.74, 6) is 0.246. The topological polar surface area (TPSA) is 45.0 Å². The highest BCUT2D eigenvalue weighted by atomic mass is 16.5. The van der Waals surface area contributed by atoms with Crippen molar-refractivity contribution in [3.8, 4) is 6.07 Å². The summed E-state index contributed by atoms with van der Waals surface area (Å²) in [6, 6.07) is 3.45. The monoisotopic (exact) mass is 208 g/mol. The van der Waals surface area contributed by atoms with E-state index in [2.05, 4.69) is 11.4 Å². The van der Waals surface area contributed by atoms with Crippen LogP contribution in [0.3, 0.4) is 0 Å². The SMILES string of the molecule is CCOC1CC(NC2CCCC2C#N)C1. The first-order chi connectivity index (χ1) is 7.33. The maximum absolute atomic E-state index is 8.96. The van der Waals surface area contributed by atoms with E-state index in [9.17, 15) is 0 Å². The van der Waals surface area contributed by atoms with Crippen molar-refractivity contribution in [1.82, 2.24) is 5.32 Å². The number of nitrogens with zero attached hydrogens (tertiary/aromatic N) is 1. The third-order valence-electron chi connectivity index (χ3n) is 3.63. The van der Waals surface area contributed by atoms with Crippen LogP contribution in [0.4, 0.5) is 0 Å². The highest BCUT2D eigenvalue weighted by Crippen LogP contribution is 2.29. The molecule has 2 rings (SSSR count). The Labute approximate surface area is 91.8 Å². The molecule has 84 valence electrons. The molecule has 2 atom stereocenters. The highest BCUT2D eigenvalue weighted by Gasteiger charge is 2.34. The average Bonchev–Trinajstić information content (AvgIpc) is 2.62. The minimum Gasteiger partial charge on any atom is -0.378 e. The van der Waals surface area contributed by atoms with Gasteiger partial charge in [0.05, 0.1) is 18.1 Å². The van der Waals surface area contributed by atoms with Crippen LogP contribution < -0.4 is 5.32 Å². The fourth-order valence-corrected chi connectivity index (χ4v) is 2.69. The van der Waals surface area contributed by atoms with E-state index in [1.807, 2.05) is 6.92 Å². The number of rotatable bonds is 4. The quantitative estimate of drug-likeness (QED) is 0.766. The first kappa shape index (κ1) is 10.9. The average molecular weight is 208 g/mol. The zero-order valence-electron chi connectivity index (χ0n) is 9.41. The van der Waals surface area contributed by atoms with Crippen molar-refractivity contribution < 1.29 is 4.74 Å². The number of nitriles is 1. The Morgan fingerprint density at radius 3 is 2.87 bits per heavy atom. The second kappa shape index (κ2) is 4.96. The van der Waals surface area contributed by atoms with Crippen molar-refractivity contribution in [2.45, 2.75) is 57.2 Å². The lowest BCUT2D eigenvalue weighted by Gasteiger charge is -2.37. The van der Waals surface area contributed by atoms with Crippen molar-refractivity contribution >= 4 is 0 Å². The molecule has 0 aliphatic heterocycles. The van der Waals surface area contributed by atoms with Crippen molar-refractivity contribution in [2.24, 2.45) is 5.92 Å². The zero-order chi connectivity index (χ0) is 10.7. The fraction of sp³-hybridized carbons (Fsp3) is 0.917. The van der Waals surface area contributed by atoms with Gasteiger partial charge in [0, 0.05) is 18.7 Å². The van der Waals surface area contributed by atoms with Crippen molar-refractivity contribution in [2.75, 3.05) is 6.61 Å². The van der Waals surface area contributed by atoms with Gasteiger partial charge in [-0.3, -0.25) is 0 Å². The molecule has 2 aliphatic rings. The summed E-state index contributed by atoms with van der Waals surface area (Å²) >= 11 is 0. The van der Waals surface area contributed by atoms with Crippen LogP contribution in [0.1, 0.15) is 39.0 Å². The smallest absolute Gasteiger partial charge is 0.0672 e. The Kier molecular flexibility index (Phi) is 3.61. The Hall–Kier alpha value is -0.590. The Morgan fingerprint density at radius 2 is 2.20 bits per heavy atom. The molecule has 0 radical (unpaired) electrons. The largest absolute Gasteiger partial charge is 0.378 e. The molecule has 3 heteroatoms. The molecule has 0 amide bonds. The third kappa shape index (κ3) is 2.50. The first-order valence-electron chi connectivity index (χ1n) is 6.10. The van der Waals surface area contributed by atoms with Gasteiger partial charge in [-0.2, -0.15) is 5.26 Å². The van der Waals surface area contributed by atoms with Gasteiger partial charge in [-0.1, -0.05) is 6.42 Å². The summed E-state index contributed by atoms with van der Waals surface area (Å²) in [5.41, 5.74) is 0. The van der Waals surface area contributed by atoms with E-state index >= 15 is 0 Å². The van der Waals surface area contributed by atoms with Crippen LogP contribution in [0.15, 0.2) is 0 Å². The molecule has 15 heavy (non-hydrogen) atoms. The maximum Gasteiger partial charge on any atom is 0.0672 e. The first-order valence-corrected chi connectivity index (χ1v) is 6.10. The molecule has 2 saturated carbocycles. The molecule has 0 spiro atoms. The molecule has 2 unspecified atom stereocenters. The van der Waals surface area contributed by atoms with Crippen LogP contribution in [0.25, 0.3) is 0 Å². The van der Waals surface area contributed by atoms with Gasteiger partial charge in [-0.25, -0.2) is 0 Å². The van der Waals surface area contributed by atoms with E-state index in [-0.39, 0.29) is 5.92 Å². The fourth-order valence-electron chi connectivity index (χ4n) is 2.69. The molecule has 0 aromatic rings. The van der Waals surface area contributed by atoms with Crippen LogP contribution in [-0.4, -0.2) is 24.8 Å². The van der Waals surface area contributed by atoms with Crippen LogP contribution in [-0.2, 0) is 4.74 Å². The predicted octanol–water partition coefficient (Wildman–Crippen LogP) is 1.84. The van der Waals surface area contributed by atoms with Crippen LogP contribution in [0.5, 0.6) is 0 Å². The minimum atomic E-state index is 0.246. The second-order valence-corrected chi connectivity index (χ2v) is 4.69. The van der Waals surface area contributed by atoms with Gasteiger partial charge in [0.25, 0.3) is 0 Å². The van der Waals surface area contributed by atoms with E-state index < -0.39 is 0 Å². The van der Waals surface area contributed by atoms with Crippen LogP contribution in [0.2, 0.25) is 0 Å². The Balaban J connectivity index is 1.69.